The zero-order valence-corrected chi connectivity index (χ0v) is 15.7. The zero-order chi connectivity index (χ0) is 18.5. The number of nitrogens with one attached hydrogen (secondary N) is 1. The van der Waals surface area contributed by atoms with Crippen LogP contribution in [0.1, 0.15) is 28.8 Å². The largest absolute Gasteiger partial charge is 0.352 e. The van der Waals surface area contributed by atoms with E-state index in [9.17, 15) is 9.18 Å². The molecule has 0 spiro atoms. The maximum absolute atomic E-state index is 13.4. The van der Waals surface area contributed by atoms with E-state index in [1.807, 2.05) is 17.8 Å². The minimum absolute atomic E-state index is 0.203. The molecule has 1 aliphatic rings. The SMILES string of the molecule is Cc1ccc(F)cc1C(=O)NCC1CCCN(CCn2cc(Cl)cn2)C1. The predicted molar refractivity (Wildman–Crippen MR) is 99.9 cm³/mol. The van der Waals surface area contributed by atoms with Crippen LogP contribution in [0, 0.1) is 18.7 Å². The quantitative estimate of drug-likeness (QED) is 0.840. The molecule has 0 radical (unpaired) electrons. The Balaban J connectivity index is 1.47. The second-order valence-corrected chi connectivity index (χ2v) is 7.34. The topological polar surface area (TPSA) is 50.2 Å². The molecule has 1 unspecified atom stereocenters. The molecular formula is C19H24ClFN4O. The molecule has 1 aromatic carbocycles. The minimum atomic E-state index is -0.386. The van der Waals surface area contributed by atoms with Gasteiger partial charge in [0, 0.05) is 31.4 Å². The third-order valence-electron chi connectivity index (χ3n) is 4.85. The summed E-state index contributed by atoms with van der Waals surface area (Å²) in [6.45, 7) is 6.14. The van der Waals surface area contributed by atoms with E-state index in [0.717, 1.165) is 44.6 Å². The summed E-state index contributed by atoms with van der Waals surface area (Å²) < 4.78 is 15.2. The fraction of sp³-hybridized carbons (Fsp3) is 0.474. The van der Waals surface area contributed by atoms with Crippen LogP contribution < -0.4 is 5.32 Å². The summed E-state index contributed by atoms with van der Waals surface area (Å²) in [5, 5.41) is 7.82. The molecular weight excluding hydrogens is 355 g/mol. The van der Waals surface area contributed by atoms with Crippen LogP contribution in [0.2, 0.25) is 5.02 Å². The third-order valence-corrected chi connectivity index (χ3v) is 5.04. The van der Waals surface area contributed by atoms with E-state index >= 15 is 0 Å². The van der Waals surface area contributed by atoms with Gasteiger partial charge in [-0.3, -0.25) is 9.48 Å². The molecule has 2 heterocycles. The van der Waals surface area contributed by atoms with Gasteiger partial charge >= 0.3 is 0 Å². The number of carbonyl (C=O) groups excluding carboxylic acids is 1. The average Bonchev–Trinajstić information content (AvgIpc) is 3.06. The average molecular weight is 379 g/mol. The summed E-state index contributed by atoms with van der Waals surface area (Å²) in [5.41, 5.74) is 1.19. The van der Waals surface area contributed by atoms with Gasteiger partial charge in [0.15, 0.2) is 0 Å². The lowest BCUT2D eigenvalue weighted by atomic mass is 9.97. The Hall–Kier alpha value is -1.92. The molecule has 3 rings (SSSR count). The van der Waals surface area contributed by atoms with Crippen LogP contribution in [0.5, 0.6) is 0 Å². The van der Waals surface area contributed by atoms with E-state index in [2.05, 4.69) is 15.3 Å². The molecule has 26 heavy (non-hydrogen) atoms. The number of nitrogens with zero attached hydrogens (tertiary/aromatic N) is 3. The number of piperidine rings is 1. The first-order valence-electron chi connectivity index (χ1n) is 8.96. The first-order chi connectivity index (χ1) is 12.5. The molecule has 1 aromatic heterocycles. The second-order valence-electron chi connectivity index (χ2n) is 6.90. The molecule has 1 aliphatic heterocycles. The molecule has 1 fully saturated rings. The van der Waals surface area contributed by atoms with Gasteiger partial charge < -0.3 is 10.2 Å². The van der Waals surface area contributed by atoms with Crippen molar-refractivity contribution in [3.05, 3.63) is 52.6 Å². The summed E-state index contributed by atoms with van der Waals surface area (Å²) in [6.07, 6.45) is 5.67. The fourth-order valence-electron chi connectivity index (χ4n) is 3.40. The molecule has 2 aromatic rings. The Bertz CT molecular complexity index is 764. The van der Waals surface area contributed by atoms with Crippen LogP contribution >= 0.6 is 11.6 Å². The van der Waals surface area contributed by atoms with Crippen molar-refractivity contribution in [2.75, 3.05) is 26.2 Å². The number of likely N-dealkylation sites (tertiary alicyclic amines) is 1. The number of carbonyl (C=O) groups is 1. The Morgan fingerprint density at radius 2 is 2.27 bits per heavy atom. The number of rotatable bonds is 6. The minimum Gasteiger partial charge on any atom is -0.352 e. The Kier molecular flexibility index (Phi) is 6.27. The summed E-state index contributed by atoms with van der Waals surface area (Å²) in [5.74, 6) is -0.184. The van der Waals surface area contributed by atoms with E-state index < -0.39 is 0 Å². The van der Waals surface area contributed by atoms with E-state index in [1.54, 1.807) is 12.3 Å². The van der Waals surface area contributed by atoms with Crippen molar-refractivity contribution in [2.45, 2.75) is 26.3 Å². The van der Waals surface area contributed by atoms with Gasteiger partial charge in [-0.15, -0.1) is 0 Å². The van der Waals surface area contributed by atoms with Crippen LogP contribution in [0.25, 0.3) is 0 Å². The lowest BCUT2D eigenvalue weighted by molar-refractivity contribution is 0.0930. The van der Waals surface area contributed by atoms with Crippen LogP contribution in [-0.4, -0.2) is 46.8 Å². The Morgan fingerprint density at radius 3 is 3.04 bits per heavy atom. The molecule has 1 N–H and O–H groups in total. The molecule has 5 nitrogen and oxygen atoms in total. The number of amides is 1. The van der Waals surface area contributed by atoms with Gasteiger partial charge in [0.1, 0.15) is 5.82 Å². The summed E-state index contributed by atoms with van der Waals surface area (Å²) in [7, 11) is 0. The molecule has 140 valence electrons. The lowest BCUT2D eigenvalue weighted by Crippen LogP contribution is -2.42. The van der Waals surface area contributed by atoms with Crippen molar-refractivity contribution in [3.63, 3.8) is 0 Å². The van der Waals surface area contributed by atoms with E-state index in [1.165, 1.54) is 12.1 Å². The standard InChI is InChI=1S/C19H24ClFN4O/c1-14-4-5-17(21)9-18(14)19(26)22-10-15-3-2-6-24(12-15)7-8-25-13-16(20)11-23-25/h4-5,9,11,13,15H,2-3,6-8,10,12H2,1H3,(H,22,26). The van der Waals surface area contributed by atoms with Crippen LogP contribution in [0.15, 0.2) is 30.6 Å². The van der Waals surface area contributed by atoms with Crippen molar-refractivity contribution in [1.82, 2.24) is 20.0 Å². The van der Waals surface area contributed by atoms with E-state index in [-0.39, 0.29) is 11.7 Å². The number of hydrogen-bond acceptors (Lipinski definition) is 3. The van der Waals surface area contributed by atoms with Gasteiger partial charge in [0.25, 0.3) is 5.91 Å². The smallest absolute Gasteiger partial charge is 0.251 e. The maximum atomic E-state index is 13.4. The molecule has 0 saturated carbocycles. The third kappa shape index (κ3) is 5.05. The summed E-state index contributed by atoms with van der Waals surface area (Å²) in [4.78, 5) is 14.7. The van der Waals surface area contributed by atoms with Crippen molar-refractivity contribution >= 4 is 17.5 Å². The number of aryl methyl sites for hydroxylation is 1. The van der Waals surface area contributed by atoms with E-state index in [0.29, 0.717) is 23.0 Å². The fourth-order valence-corrected chi connectivity index (χ4v) is 3.55. The van der Waals surface area contributed by atoms with Crippen LogP contribution in [-0.2, 0) is 6.54 Å². The number of halogens is 2. The molecule has 1 atom stereocenters. The lowest BCUT2D eigenvalue weighted by Gasteiger charge is -2.32. The second kappa shape index (κ2) is 8.64. The van der Waals surface area contributed by atoms with Crippen LogP contribution in [0.4, 0.5) is 4.39 Å². The highest BCUT2D eigenvalue weighted by atomic mass is 35.5. The monoisotopic (exact) mass is 378 g/mol. The molecule has 7 heteroatoms. The molecule has 0 bridgehead atoms. The van der Waals surface area contributed by atoms with E-state index in [4.69, 9.17) is 11.6 Å². The Labute approximate surface area is 158 Å². The highest BCUT2D eigenvalue weighted by Crippen LogP contribution is 2.17. The van der Waals surface area contributed by atoms with Gasteiger partial charge in [0.05, 0.1) is 17.8 Å². The van der Waals surface area contributed by atoms with Crippen molar-refractivity contribution < 1.29 is 9.18 Å². The van der Waals surface area contributed by atoms with Crippen molar-refractivity contribution in [1.29, 1.82) is 0 Å². The van der Waals surface area contributed by atoms with Gasteiger partial charge in [-0.2, -0.15) is 5.10 Å². The highest BCUT2D eigenvalue weighted by Gasteiger charge is 2.21. The molecule has 0 aliphatic carbocycles. The van der Waals surface area contributed by atoms with Gasteiger partial charge in [-0.05, 0) is 49.9 Å². The van der Waals surface area contributed by atoms with Gasteiger partial charge in [0.2, 0.25) is 0 Å². The summed E-state index contributed by atoms with van der Waals surface area (Å²) in [6, 6.07) is 4.30. The number of benzene rings is 1. The zero-order valence-electron chi connectivity index (χ0n) is 14.9. The molecule has 1 saturated heterocycles. The number of hydrogen-bond donors (Lipinski definition) is 1. The normalized spacial score (nSPS) is 18.0. The highest BCUT2D eigenvalue weighted by molar-refractivity contribution is 6.30. The van der Waals surface area contributed by atoms with Crippen molar-refractivity contribution in [3.8, 4) is 0 Å². The predicted octanol–water partition coefficient (Wildman–Crippen LogP) is 3.13. The van der Waals surface area contributed by atoms with Gasteiger partial charge in [-0.1, -0.05) is 17.7 Å². The number of aromatic nitrogens is 2. The first kappa shape index (κ1) is 18.9. The Morgan fingerprint density at radius 1 is 1.42 bits per heavy atom. The van der Waals surface area contributed by atoms with Crippen molar-refractivity contribution in [2.24, 2.45) is 5.92 Å². The first-order valence-corrected chi connectivity index (χ1v) is 9.34. The van der Waals surface area contributed by atoms with Gasteiger partial charge in [-0.25, -0.2) is 4.39 Å². The molecule has 1 amide bonds. The summed E-state index contributed by atoms with van der Waals surface area (Å²) >= 11 is 5.89. The maximum Gasteiger partial charge on any atom is 0.251 e. The van der Waals surface area contributed by atoms with Crippen LogP contribution in [0.3, 0.4) is 0 Å².